The van der Waals surface area contributed by atoms with Crippen molar-refractivity contribution in [2.24, 2.45) is 0 Å². The first-order valence-corrected chi connectivity index (χ1v) is 6.45. The van der Waals surface area contributed by atoms with Gasteiger partial charge in [0, 0.05) is 10.9 Å². The van der Waals surface area contributed by atoms with E-state index in [4.69, 9.17) is 23.2 Å². The molecule has 3 aromatic rings. The highest BCUT2D eigenvalue weighted by Crippen LogP contribution is 2.38. The van der Waals surface area contributed by atoms with Gasteiger partial charge in [0.25, 0.3) is 0 Å². The number of phenols is 1. The summed E-state index contributed by atoms with van der Waals surface area (Å²) in [6.07, 6.45) is 0. The number of hydrogen-bond donors (Lipinski definition) is 1. The lowest BCUT2D eigenvalue weighted by Gasteiger charge is -2.10. The molecule has 0 fully saturated rings. The predicted octanol–water partition coefficient (Wildman–Crippen LogP) is 4.91. The van der Waals surface area contributed by atoms with Crippen LogP contribution in [-0.2, 0) is 0 Å². The highest BCUT2D eigenvalue weighted by Gasteiger charge is 2.14. The van der Waals surface area contributed by atoms with Crippen LogP contribution in [0.1, 0.15) is 0 Å². The summed E-state index contributed by atoms with van der Waals surface area (Å²) in [5.74, 6) is 0.150. The van der Waals surface area contributed by atoms with Gasteiger partial charge in [-0.05, 0) is 23.8 Å². The van der Waals surface area contributed by atoms with Crippen LogP contribution in [0, 0.1) is 0 Å². The molecule has 1 aromatic heterocycles. The fourth-order valence-electron chi connectivity index (χ4n) is 2.03. The van der Waals surface area contributed by atoms with Crippen molar-refractivity contribution in [2.75, 3.05) is 0 Å². The van der Waals surface area contributed by atoms with E-state index in [1.54, 1.807) is 18.2 Å². The Hall–Kier alpha value is -1.77. The molecule has 0 radical (unpaired) electrons. The first kappa shape index (κ1) is 12.3. The Bertz CT molecular complexity index is 757. The van der Waals surface area contributed by atoms with Gasteiger partial charge in [-0.3, -0.25) is 0 Å². The van der Waals surface area contributed by atoms with Gasteiger partial charge in [-0.2, -0.15) is 0 Å². The smallest absolute Gasteiger partial charge is 0.139 e. The van der Waals surface area contributed by atoms with Crippen LogP contribution in [0.3, 0.4) is 0 Å². The maximum absolute atomic E-state index is 9.57. The van der Waals surface area contributed by atoms with Crippen LogP contribution >= 0.6 is 23.2 Å². The molecule has 3 rings (SSSR count). The topological polar surface area (TPSA) is 33.1 Å². The number of rotatable bonds is 1. The van der Waals surface area contributed by atoms with Gasteiger partial charge in [0.15, 0.2) is 0 Å². The van der Waals surface area contributed by atoms with Crippen molar-refractivity contribution >= 4 is 34.1 Å². The van der Waals surface area contributed by atoms with E-state index in [1.807, 2.05) is 30.3 Å². The summed E-state index contributed by atoms with van der Waals surface area (Å²) in [6.45, 7) is 0. The van der Waals surface area contributed by atoms with Crippen molar-refractivity contribution in [2.45, 2.75) is 0 Å². The molecule has 2 nitrogen and oxygen atoms in total. The molecule has 0 saturated heterocycles. The molecule has 0 aliphatic rings. The minimum atomic E-state index is 0.150. The highest BCUT2D eigenvalue weighted by atomic mass is 35.5. The van der Waals surface area contributed by atoms with Crippen molar-refractivity contribution in [3.8, 4) is 16.9 Å². The van der Waals surface area contributed by atoms with E-state index in [9.17, 15) is 5.11 Å². The minimum Gasteiger partial charge on any atom is -0.508 e. The molecule has 0 unspecified atom stereocenters. The summed E-state index contributed by atoms with van der Waals surface area (Å²) in [4.78, 5) is 4.32. The van der Waals surface area contributed by atoms with Gasteiger partial charge >= 0.3 is 0 Å². The summed E-state index contributed by atoms with van der Waals surface area (Å²) in [7, 11) is 0. The van der Waals surface area contributed by atoms with Crippen LogP contribution in [0.5, 0.6) is 5.75 Å². The Labute approximate surface area is 120 Å². The molecule has 2 aromatic carbocycles. The molecule has 1 heterocycles. The third kappa shape index (κ3) is 2.14. The number of fused-ring (bicyclic) bond motifs is 1. The molecular formula is C15H9Cl2NO. The van der Waals surface area contributed by atoms with Crippen molar-refractivity contribution in [1.82, 2.24) is 4.98 Å². The molecule has 0 saturated carbocycles. The lowest BCUT2D eigenvalue weighted by molar-refractivity contribution is 0.476. The second-order valence-corrected chi connectivity index (χ2v) is 4.90. The maximum atomic E-state index is 9.57. The number of aromatic nitrogens is 1. The van der Waals surface area contributed by atoms with Crippen molar-refractivity contribution in [3.63, 3.8) is 0 Å². The van der Waals surface area contributed by atoms with Gasteiger partial charge in [0.05, 0.1) is 10.5 Å². The van der Waals surface area contributed by atoms with Crippen LogP contribution in [0.4, 0.5) is 0 Å². The first-order valence-electron chi connectivity index (χ1n) is 5.70. The summed E-state index contributed by atoms with van der Waals surface area (Å²) in [5, 5.41) is 11.1. The normalized spacial score (nSPS) is 10.8. The molecule has 19 heavy (non-hydrogen) atoms. The Morgan fingerprint density at radius 3 is 2.42 bits per heavy atom. The van der Waals surface area contributed by atoms with Gasteiger partial charge in [0.1, 0.15) is 10.9 Å². The highest BCUT2D eigenvalue weighted by molar-refractivity contribution is 6.42. The third-order valence-corrected chi connectivity index (χ3v) is 3.59. The summed E-state index contributed by atoms with van der Waals surface area (Å²) in [5.41, 5.74) is 2.24. The van der Waals surface area contributed by atoms with Gasteiger partial charge in [0.2, 0.25) is 0 Å². The van der Waals surface area contributed by atoms with E-state index >= 15 is 0 Å². The van der Waals surface area contributed by atoms with Crippen molar-refractivity contribution in [1.29, 1.82) is 0 Å². The Morgan fingerprint density at radius 2 is 1.68 bits per heavy atom. The zero-order valence-electron chi connectivity index (χ0n) is 9.77. The quantitative estimate of drug-likeness (QED) is 0.646. The van der Waals surface area contributed by atoms with E-state index in [1.165, 1.54) is 0 Å². The zero-order valence-corrected chi connectivity index (χ0v) is 11.3. The minimum absolute atomic E-state index is 0.150. The van der Waals surface area contributed by atoms with Gasteiger partial charge in [-0.25, -0.2) is 4.98 Å². The van der Waals surface area contributed by atoms with E-state index in [0.29, 0.717) is 26.6 Å². The average Bonchev–Trinajstić information content (AvgIpc) is 2.41. The van der Waals surface area contributed by atoms with Crippen LogP contribution in [0.2, 0.25) is 10.2 Å². The summed E-state index contributed by atoms with van der Waals surface area (Å²) < 4.78 is 0. The summed E-state index contributed by atoms with van der Waals surface area (Å²) in [6, 6.07) is 14.4. The monoisotopic (exact) mass is 289 g/mol. The number of hydrogen-bond acceptors (Lipinski definition) is 2. The first-order chi connectivity index (χ1) is 9.16. The Morgan fingerprint density at radius 1 is 0.947 bits per heavy atom. The zero-order chi connectivity index (χ0) is 13.4. The molecular weight excluding hydrogens is 281 g/mol. The standard InChI is InChI=1S/C15H9Cl2NO/c16-14-11-8-10(19)6-7-12(11)18-15(17)13(14)9-4-2-1-3-5-9/h1-8,19H. The SMILES string of the molecule is Oc1ccc2nc(Cl)c(-c3ccccc3)c(Cl)c2c1. The van der Waals surface area contributed by atoms with Gasteiger partial charge in [-0.15, -0.1) is 0 Å². The molecule has 0 aliphatic carbocycles. The average molecular weight is 290 g/mol. The number of halogens is 2. The number of benzene rings is 2. The molecule has 0 amide bonds. The molecule has 0 atom stereocenters. The van der Waals surface area contributed by atoms with Crippen LogP contribution < -0.4 is 0 Å². The molecule has 4 heteroatoms. The molecule has 0 aliphatic heterocycles. The van der Waals surface area contributed by atoms with E-state index in [-0.39, 0.29) is 5.75 Å². The lowest BCUT2D eigenvalue weighted by atomic mass is 10.1. The fourth-order valence-corrected chi connectivity index (χ4v) is 2.73. The maximum Gasteiger partial charge on any atom is 0.139 e. The van der Waals surface area contributed by atoms with Crippen LogP contribution in [-0.4, -0.2) is 10.1 Å². The Balaban J connectivity index is 2.37. The van der Waals surface area contributed by atoms with Crippen molar-refractivity contribution < 1.29 is 5.11 Å². The number of aromatic hydroxyl groups is 1. The van der Waals surface area contributed by atoms with Gasteiger partial charge < -0.3 is 5.11 Å². The molecule has 94 valence electrons. The van der Waals surface area contributed by atoms with Crippen LogP contribution in [0.15, 0.2) is 48.5 Å². The number of nitrogens with zero attached hydrogens (tertiary/aromatic N) is 1. The lowest BCUT2D eigenvalue weighted by Crippen LogP contribution is -1.88. The van der Waals surface area contributed by atoms with Crippen LogP contribution in [0.25, 0.3) is 22.0 Å². The number of phenolic OH excluding ortho intramolecular Hbond substituents is 1. The second kappa shape index (κ2) is 4.72. The molecule has 0 spiro atoms. The molecule has 1 N–H and O–H groups in total. The second-order valence-electron chi connectivity index (χ2n) is 4.16. The fraction of sp³-hybridized carbons (Fsp3) is 0. The predicted molar refractivity (Wildman–Crippen MR) is 78.9 cm³/mol. The van der Waals surface area contributed by atoms with E-state index < -0.39 is 0 Å². The van der Waals surface area contributed by atoms with E-state index in [2.05, 4.69) is 4.98 Å². The number of pyridine rings is 1. The Kier molecular flexibility index (Phi) is 3.05. The third-order valence-electron chi connectivity index (χ3n) is 2.92. The van der Waals surface area contributed by atoms with Gasteiger partial charge in [-0.1, -0.05) is 53.5 Å². The van der Waals surface area contributed by atoms with E-state index in [0.717, 1.165) is 5.56 Å². The largest absolute Gasteiger partial charge is 0.508 e. The summed E-state index contributed by atoms with van der Waals surface area (Å²) >= 11 is 12.6. The molecule has 0 bridgehead atoms. The van der Waals surface area contributed by atoms with Crippen molar-refractivity contribution in [3.05, 3.63) is 58.7 Å².